The first-order chi connectivity index (χ1) is 22.1. The van der Waals surface area contributed by atoms with Crippen LogP contribution in [0.4, 0.5) is 0 Å². The number of halogens is 8. The van der Waals surface area contributed by atoms with Crippen molar-refractivity contribution in [2.24, 2.45) is 0 Å². The Balaban J connectivity index is 0.000000623. The number of carboxylic acid groups (broad SMARTS) is 4. The normalized spacial score (nSPS) is 9.63. The van der Waals surface area contributed by atoms with Crippen molar-refractivity contribution >= 4 is 117 Å². The smallest absolute Gasteiger partial charge is 0.341 e. The molecule has 0 spiro atoms. The van der Waals surface area contributed by atoms with Crippen LogP contribution in [-0.2, 0) is 26.2 Å². The van der Waals surface area contributed by atoms with Crippen LogP contribution in [0, 0.1) is 0 Å². The van der Waals surface area contributed by atoms with Gasteiger partial charge in [-0.05, 0) is 48.5 Å². The van der Waals surface area contributed by atoms with Crippen molar-refractivity contribution in [1.82, 2.24) is 0 Å². The fourth-order valence-electron chi connectivity index (χ4n) is 2.98. The van der Waals surface area contributed by atoms with Crippen LogP contribution in [0.1, 0.15) is 41.4 Å². The third-order valence-electron chi connectivity index (χ3n) is 5.17. The Hall–Kier alpha value is -2.84. The monoisotopic (exact) mass is 914 g/mol. The van der Waals surface area contributed by atoms with Gasteiger partial charge in [-0.3, -0.25) is 0 Å². The maximum Gasteiger partial charge on any atom is 0.341 e. The van der Waals surface area contributed by atoms with Crippen LogP contribution < -0.4 is 0 Å². The van der Waals surface area contributed by atoms with Crippen LogP contribution in [0.25, 0.3) is 0 Å². The zero-order valence-electron chi connectivity index (χ0n) is 23.4. The van der Waals surface area contributed by atoms with Gasteiger partial charge in [-0.15, -0.1) is 0 Å². The molecule has 0 saturated carbocycles. The van der Waals surface area contributed by atoms with Gasteiger partial charge in [-0.2, -0.15) is 0 Å². The molecule has 0 aliphatic carbocycles. The average Bonchev–Trinajstić information content (AvgIpc) is 2.98. The molecule has 0 atom stereocenters. The summed E-state index contributed by atoms with van der Waals surface area (Å²) in [6, 6.07) is 10.6. The van der Waals surface area contributed by atoms with Gasteiger partial charge in [-0.1, -0.05) is 92.8 Å². The second-order valence-electron chi connectivity index (χ2n) is 8.23. The molecular formula is C28H16Cl8O12Zr. The molecule has 12 nitrogen and oxygen atoms in total. The Bertz CT molecular complexity index is 1620. The Morgan fingerprint density at radius 1 is 0.327 bits per heavy atom. The number of carbonyl (C=O) groups is 4. The maximum atomic E-state index is 10.5. The molecule has 21 heteroatoms. The summed E-state index contributed by atoms with van der Waals surface area (Å²) in [6.45, 7) is 0. The van der Waals surface area contributed by atoms with Crippen LogP contribution in [0.3, 0.4) is 0 Å². The van der Waals surface area contributed by atoms with Gasteiger partial charge in [0.1, 0.15) is 45.3 Å². The van der Waals surface area contributed by atoms with E-state index >= 15 is 0 Å². The summed E-state index contributed by atoms with van der Waals surface area (Å²) < 4.78 is 0. The Labute approximate surface area is 334 Å². The third-order valence-corrected chi connectivity index (χ3v) is 7.65. The van der Waals surface area contributed by atoms with Crippen molar-refractivity contribution in [2.45, 2.75) is 0 Å². The van der Waals surface area contributed by atoms with E-state index in [9.17, 15) is 19.2 Å². The minimum Gasteiger partial charge on any atom is -0.505 e. The molecule has 0 fully saturated rings. The van der Waals surface area contributed by atoms with E-state index in [1.54, 1.807) is 0 Å². The molecule has 4 aromatic carbocycles. The summed E-state index contributed by atoms with van der Waals surface area (Å²) in [5.41, 5.74) is -1.48. The molecule has 0 radical (unpaired) electrons. The summed E-state index contributed by atoms with van der Waals surface area (Å²) in [5, 5.41) is 70.6. The van der Waals surface area contributed by atoms with Crippen LogP contribution in [0.15, 0.2) is 48.5 Å². The van der Waals surface area contributed by atoms with Gasteiger partial charge in [0.2, 0.25) is 0 Å². The quantitative estimate of drug-likeness (QED) is 0.0957. The maximum absolute atomic E-state index is 10.5. The van der Waals surface area contributed by atoms with E-state index in [2.05, 4.69) is 0 Å². The topological polar surface area (TPSA) is 230 Å². The molecule has 0 aromatic heterocycles. The van der Waals surface area contributed by atoms with Crippen molar-refractivity contribution in [1.29, 1.82) is 0 Å². The number of carboxylic acids is 4. The molecule has 4 rings (SSSR count). The number of aromatic carboxylic acids is 4. The minimum absolute atomic E-state index is 0. The summed E-state index contributed by atoms with van der Waals surface area (Å²) in [4.78, 5) is 42.0. The molecular weight excluding hydrogens is 903 g/mol. The number of hydrogen-bond acceptors (Lipinski definition) is 8. The Morgan fingerprint density at radius 3 is 0.551 bits per heavy atom. The third kappa shape index (κ3) is 12.8. The van der Waals surface area contributed by atoms with Crippen molar-refractivity contribution in [3.05, 3.63) is 111 Å². The van der Waals surface area contributed by atoms with E-state index in [1.165, 1.54) is 48.5 Å². The summed E-state index contributed by atoms with van der Waals surface area (Å²) in [7, 11) is 0. The number of hydrogen-bond donors (Lipinski definition) is 8. The zero-order valence-corrected chi connectivity index (χ0v) is 31.9. The summed E-state index contributed by atoms with van der Waals surface area (Å²) in [5.74, 6) is -7.23. The van der Waals surface area contributed by atoms with Crippen LogP contribution in [0.5, 0.6) is 23.0 Å². The molecule has 0 heterocycles. The minimum atomic E-state index is -1.31. The fraction of sp³-hybridized carbons (Fsp3) is 0. The second kappa shape index (κ2) is 20.7. The largest absolute Gasteiger partial charge is 0.505 e. The number of rotatable bonds is 4. The van der Waals surface area contributed by atoms with Crippen LogP contribution in [-0.4, -0.2) is 64.7 Å². The molecule has 4 aromatic rings. The molecule has 0 unspecified atom stereocenters. The first-order valence-corrected chi connectivity index (χ1v) is 14.8. The molecule has 49 heavy (non-hydrogen) atoms. The number of benzene rings is 4. The van der Waals surface area contributed by atoms with E-state index in [-0.39, 0.29) is 88.6 Å². The molecule has 0 aliphatic rings. The van der Waals surface area contributed by atoms with Crippen LogP contribution in [0.2, 0.25) is 40.2 Å². The van der Waals surface area contributed by atoms with E-state index in [0.717, 1.165) is 0 Å². The van der Waals surface area contributed by atoms with E-state index in [0.29, 0.717) is 0 Å². The second-order valence-corrected chi connectivity index (χ2v) is 11.5. The molecule has 260 valence electrons. The molecule has 0 bridgehead atoms. The van der Waals surface area contributed by atoms with Crippen molar-refractivity contribution < 1.29 is 86.2 Å². The standard InChI is InChI=1S/4C7H4Cl2O3.Zr/c4*8-3-1-2-4(9)6(10)5(3)7(11)12;/h4*1-2,10H,(H,11,12);. The van der Waals surface area contributed by atoms with Gasteiger partial charge < -0.3 is 40.9 Å². The van der Waals surface area contributed by atoms with Gasteiger partial charge in [0.15, 0.2) is 0 Å². The molecule has 0 saturated heterocycles. The fourth-order valence-corrected chi connectivity index (χ4v) is 4.54. The zero-order chi connectivity index (χ0) is 37.2. The summed E-state index contributed by atoms with van der Waals surface area (Å²) in [6.07, 6.45) is 0. The number of phenols is 4. The Kier molecular flexibility index (Phi) is 19.5. The predicted molar refractivity (Wildman–Crippen MR) is 180 cm³/mol. The Morgan fingerprint density at radius 2 is 0.449 bits per heavy atom. The SMILES string of the molecule is O=C(O)c1c(Cl)ccc(Cl)c1O.O=C(O)c1c(Cl)ccc(Cl)c1O.O=C(O)c1c(Cl)ccc(Cl)c1O.O=C(O)c1c(Cl)ccc(Cl)c1O.[Zr]. The van der Waals surface area contributed by atoms with Crippen molar-refractivity contribution in [2.75, 3.05) is 0 Å². The van der Waals surface area contributed by atoms with E-state index in [4.69, 9.17) is 134 Å². The van der Waals surface area contributed by atoms with Crippen LogP contribution >= 0.6 is 92.8 Å². The van der Waals surface area contributed by atoms with E-state index in [1.807, 2.05) is 0 Å². The number of aromatic hydroxyl groups is 4. The van der Waals surface area contributed by atoms with Gasteiger partial charge in [-0.25, -0.2) is 19.2 Å². The van der Waals surface area contributed by atoms with Crippen molar-refractivity contribution in [3.63, 3.8) is 0 Å². The van der Waals surface area contributed by atoms with Gasteiger partial charge in [0, 0.05) is 26.2 Å². The van der Waals surface area contributed by atoms with Gasteiger partial charge >= 0.3 is 23.9 Å². The van der Waals surface area contributed by atoms with Crippen molar-refractivity contribution in [3.8, 4) is 23.0 Å². The molecule has 0 amide bonds. The first-order valence-electron chi connectivity index (χ1n) is 11.8. The van der Waals surface area contributed by atoms with E-state index < -0.39 is 46.9 Å². The molecule has 0 aliphatic heterocycles. The average molecular weight is 919 g/mol. The van der Waals surface area contributed by atoms with Gasteiger partial charge in [0.05, 0.1) is 40.2 Å². The predicted octanol–water partition coefficient (Wildman–Crippen LogP) is 9.59. The van der Waals surface area contributed by atoms with Gasteiger partial charge in [0.25, 0.3) is 0 Å². The first kappa shape index (κ1) is 46.2. The molecule has 8 N–H and O–H groups in total. The summed E-state index contributed by atoms with van der Waals surface area (Å²) >= 11 is 43.8.